The van der Waals surface area contributed by atoms with E-state index in [1.807, 2.05) is 19.9 Å². The number of ether oxygens (including phenoxy) is 1. The zero-order valence-corrected chi connectivity index (χ0v) is 14.1. The summed E-state index contributed by atoms with van der Waals surface area (Å²) in [5, 5.41) is 19.4. The van der Waals surface area contributed by atoms with Crippen molar-refractivity contribution in [3.05, 3.63) is 28.8 Å². The van der Waals surface area contributed by atoms with E-state index in [0.717, 1.165) is 29.8 Å². The minimum Gasteiger partial charge on any atom is -0.459 e. The lowest BCUT2D eigenvalue weighted by molar-refractivity contribution is 0.0672. The number of aliphatic hydroxyl groups is 1. The molecule has 1 N–H and O–H groups in total. The van der Waals surface area contributed by atoms with Gasteiger partial charge in [0.15, 0.2) is 0 Å². The van der Waals surface area contributed by atoms with E-state index in [-0.39, 0.29) is 18.2 Å². The number of rotatable bonds is 2. The maximum Gasteiger partial charge on any atom is 0.293 e. The molecule has 0 unspecified atom stereocenters. The van der Waals surface area contributed by atoms with E-state index in [4.69, 9.17) is 15.0 Å². The molecule has 0 bridgehead atoms. The molecule has 1 aromatic rings. The Hall–Kier alpha value is -2.06. The Morgan fingerprint density at radius 1 is 1.35 bits per heavy atom. The third-order valence-corrected chi connectivity index (χ3v) is 5.00. The van der Waals surface area contributed by atoms with Gasteiger partial charge in [0.05, 0.1) is 29.5 Å². The second kappa shape index (κ2) is 5.86. The number of aliphatic hydroxyl groups excluding tert-OH is 1. The van der Waals surface area contributed by atoms with E-state index < -0.39 is 0 Å². The smallest absolute Gasteiger partial charge is 0.293 e. The quantitative estimate of drug-likeness (QED) is 0.911. The van der Waals surface area contributed by atoms with Gasteiger partial charge in [-0.05, 0) is 49.4 Å². The topological polar surface area (TPSA) is 68.8 Å². The van der Waals surface area contributed by atoms with Gasteiger partial charge in [0.25, 0.3) is 6.02 Å². The molecular weight excluding hydrogens is 290 g/mol. The number of aliphatic imine (C=N–C) groups is 1. The molecule has 0 spiro atoms. The average molecular weight is 313 g/mol. The van der Waals surface area contributed by atoms with Crippen molar-refractivity contribution in [3.8, 4) is 6.07 Å². The molecule has 2 heterocycles. The number of nitrogens with zero attached hydrogens (tertiary/aromatic N) is 3. The van der Waals surface area contributed by atoms with Gasteiger partial charge in [0, 0.05) is 6.54 Å². The van der Waals surface area contributed by atoms with Crippen LogP contribution in [0.1, 0.15) is 37.0 Å². The van der Waals surface area contributed by atoms with Gasteiger partial charge in [-0.2, -0.15) is 10.3 Å². The highest BCUT2D eigenvalue weighted by molar-refractivity contribution is 5.81. The number of amidine groups is 1. The van der Waals surface area contributed by atoms with Gasteiger partial charge in [0.2, 0.25) is 0 Å². The van der Waals surface area contributed by atoms with Gasteiger partial charge < -0.3 is 14.7 Å². The van der Waals surface area contributed by atoms with Gasteiger partial charge in [-0.15, -0.1) is 0 Å². The Kier molecular flexibility index (Phi) is 4.03. The summed E-state index contributed by atoms with van der Waals surface area (Å²) in [7, 11) is 0. The second-order valence-corrected chi connectivity index (χ2v) is 6.75. The average Bonchev–Trinajstić information content (AvgIpc) is 3.06. The van der Waals surface area contributed by atoms with Gasteiger partial charge in [-0.1, -0.05) is 13.8 Å². The Labute approximate surface area is 137 Å². The van der Waals surface area contributed by atoms with Crippen LogP contribution in [0.3, 0.4) is 0 Å². The first-order valence-electron chi connectivity index (χ1n) is 8.14. The normalized spacial score (nSPS) is 28.1. The third-order valence-electron chi connectivity index (χ3n) is 5.00. The fourth-order valence-electron chi connectivity index (χ4n) is 3.45. The van der Waals surface area contributed by atoms with Crippen LogP contribution in [0.25, 0.3) is 0 Å². The zero-order chi connectivity index (χ0) is 16.7. The second-order valence-electron chi connectivity index (χ2n) is 6.75. The van der Waals surface area contributed by atoms with Gasteiger partial charge in [-0.3, -0.25) is 0 Å². The minimum atomic E-state index is -0.362. The van der Waals surface area contributed by atoms with Crippen molar-refractivity contribution in [2.24, 2.45) is 10.9 Å². The molecule has 2 saturated heterocycles. The van der Waals surface area contributed by atoms with Crippen molar-refractivity contribution in [3.63, 3.8) is 0 Å². The summed E-state index contributed by atoms with van der Waals surface area (Å²) in [5.41, 5.74) is 3.43. The lowest BCUT2D eigenvalue weighted by Gasteiger charge is -2.22. The van der Waals surface area contributed by atoms with Crippen LogP contribution in [0.5, 0.6) is 0 Å². The lowest BCUT2D eigenvalue weighted by atomic mass is 9.97. The zero-order valence-electron chi connectivity index (χ0n) is 14.1. The summed E-state index contributed by atoms with van der Waals surface area (Å²) in [6, 6.07) is 6.45. The molecule has 122 valence electrons. The molecule has 2 aliphatic rings. The summed E-state index contributed by atoms with van der Waals surface area (Å²) < 4.78 is 6.07. The van der Waals surface area contributed by atoms with Crippen molar-refractivity contribution >= 4 is 11.7 Å². The van der Waals surface area contributed by atoms with E-state index in [1.165, 1.54) is 0 Å². The van der Waals surface area contributed by atoms with E-state index in [2.05, 4.69) is 24.8 Å². The predicted octanol–water partition coefficient (Wildman–Crippen LogP) is 2.65. The monoisotopic (exact) mass is 313 g/mol. The number of fused-ring (bicyclic) bond motifs is 1. The van der Waals surface area contributed by atoms with Crippen molar-refractivity contribution < 1.29 is 9.84 Å². The summed E-state index contributed by atoms with van der Waals surface area (Å²) >= 11 is 0. The number of nitriles is 1. The molecule has 3 atom stereocenters. The summed E-state index contributed by atoms with van der Waals surface area (Å²) in [6.07, 6.45) is 0.353. The molecule has 0 saturated carbocycles. The first-order valence-corrected chi connectivity index (χ1v) is 8.14. The van der Waals surface area contributed by atoms with Crippen molar-refractivity contribution in [1.82, 2.24) is 4.90 Å². The molecule has 2 aliphatic heterocycles. The Bertz CT molecular complexity index is 690. The van der Waals surface area contributed by atoms with Crippen LogP contribution in [0, 0.1) is 31.1 Å². The molecule has 1 aromatic carbocycles. The number of benzene rings is 1. The van der Waals surface area contributed by atoms with Crippen LogP contribution in [-0.2, 0) is 4.74 Å². The minimum absolute atomic E-state index is 0.00599. The standard InChI is InChI=1S/C18H23N3O2/c1-10(2)17-16-15(22)7-8-21(16)18(23-17)20-14-6-5-13(9-19)11(3)12(14)4/h5-6,10,15-17,22H,7-8H2,1-4H3/t15-,16+,17-/m1/s1. The van der Waals surface area contributed by atoms with Crippen LogP contribution >= 0.6 is 0 Å². The lowest BCUT2D eigenvalue weighted by Crippen LogP contribution is -2.40. The van der Waals surface area contributed by atoms with E-state index >= 15 is 0 Å². The summed E-state index contributed by atoms with van der Waals surface area (Å²) in [6.45, 7) is 8.89. The highest BCUT2D eigenvalue weighted by Gasteiger charge is 2.49. The molecule has 0 amide bonds. The molecular formula is C18H23N3O2. The molecule has 5 nitrogen and oxygen atoms in total. The van der Waals surface area contributed by atoms with Crippen LogP contribution < -0.4 is 0 Å². The first-order chi connectivity index (χ1) is 10.9. The molecule has 2 fully saturated rings. The van der Waals surface area contributed by atoms with Gasteiger partial charge in [-0.25, -0.2) is 0 Å². The number of hydrogen-bond acceptors (Lipinski definition) is 4. The van der Waals surface area contributed by atoms with Crippen LogP contribution in [-0.4, -0.2) is 40.8 Å². The summed E-state index contributed by atoms with van der Waals surface area (Å²) in [4.78, 5) is 6.79. The van der Waals surface area contributed by atoms with Gasteiger partial charge in [0.1, 0.15) is 6.10 Å². The fourth-order valence-corrected chi connectivity index (χ4v) is 3.45. The molecule has 3 rings (SSSR count). The Morgan fingerprint density at radius 3 is 2.74 bits per heavy atom. The molecule has 0 aliphatic carbocycles. The Balaban J connectivity index is 1.98. The van der Waals surface area contributed by atoms with Crippen molar-refractivity contribution in [1.29, 1.82) is 5.26 Å². The highest BCUT2D eigenvalue weighted by Crippen LogP contribution is 2.35. The van der Waals surface area contributed by atoms with E-state index in [1.54, 1.807) is 6.07 Å². The van der Waals surface area contributed by atoms with Crippen LogP contribution in [0.15, 0.2) is 17.1 Å². The molecule has 23 heavy (non-hydrogen) atoms. The van der Waals surface area contributed by atoms with Gasteiger partial charge >= 0.3 is 0 Å². The fraction of sp³-hybridized carbons (Fsp3) is 0.556. The number of hydrogen-bond donors (Lipinski definition) is 1. The molecule has 0 aromatic heterocycles. The predicted molar refractivity (Wildman–Crippen MR) is 88.6 cm³/mol. The Morgan fingerprint density at radius 2 is 2.09 bits per heavy atom. The SMILES string of the molecule is Cc1c(C#N)ccc(N=C2O[C@H](C(C)C)[C@@H]3[C@H](O)CCN23)c1C. The van der Waals surface area contributed by atoms with Crippen molar-refractivity contribution in [2.75, 3.05) is 6.54 Å². The third kappa shape index (κ3) is 2.57. The first kappa shape index (κ1) is 15.8. The van der Waals surface area contributed by atoms with Crippen LogP contribution in [0.2, 0.25) is 0 Å². The summed E-state index contributed by atoms with van der Waals surface area (Å²) in [5.74, 6) is 0.312. The van der Waals surface area contributed by atoms with Crippen LogP contribution in [0.4, 0.5) is 5.69 Å². The molecule has 5 heteroatoms. The maximum atomic E-state index is 10.3. The van der Waals surface area contributed by atoms with E-state index in [9.17, 15) is 5.11 Å². The van der Waals surface area contributed by atoms with Crippen molar-refractivity contribution in [2.45, 2.75) is 52.4 Å². The highest BCUT2D eigenvalue weighted by atomic mass is 16.5. The largest absolute Gasteiger partial charge is 0.459 e. The maximum absolute atomic E-state index is 10.3. The molecule has 0 radical (unpaired) electrons. The van der Waals surface area contributed by atoms with E-state index in [0.29, 0.717) is 17.5 Å².